The summed E-state index contributed by atoms with van der Waals surface area (Å²) in [6.45, 7) is 0.457. The Hall–Kier alpha value is -2.08. The molecule has 1 aliphatic carbocycles. The molecule has 136 valence electrons. The quantitative estimate of drug-likeness (QED) is 0.672. The number of benzene rings is 2. The van der Waals surface area contributed by atoms with Crippen LogP contribution in [0.4, 0.5) is 4.39 Å². The van der Waals surface area contributed by atoms with Crippen LogP contribution in [0.2, 0.25) is 0 Å². The van der Waals surface area contributed by atoms with Gasteiger partial charge in [0, 0.05) is 22.0 Å². The molecule has 0 radical (unpaired) electrons. The topological polar surface area (TPSA) is 44.8 Å². The first-order valence-electron chi connectivity index (χ1n) is 8.53. The molecule has 1 unspecified atom stereocenters. The molecule has 0 fully saturated rings. The molecule has 6 heteroatoms. The van der Waals surface area contributed by atoms with Gasteiger partial charge < -0.3 is 14.2 Å². The van der Waals surface area contributed by atoms with Gasteiger partial charge in [-0.2, -0.15) is 0 Å². The minimum atomic E-state index is -0.269. The smallest absolute Gasteiger partial charge is 0.306 e. The lowest BCUT2D eigenvalue weighted by atomic mass is 9.98. The number of halogens is 2. The summed E-state index contributed by atoms with van der Waals surface area (Å²) < 4.78 is 31.1. The van der Waals surface area contributed by atoms with E-state index in [0.717, 1.165) is 39.8 Å². The van der Waals surface area contributed by atoms with Gasteiger partial charge >= 0.3 is 5.97 Å². The first-order valence-corrected chi connectivity index (χ1v) is 9.32. The molecule has 1 aliphatic heterocycles. The molecule has 0 saturated carbocycles. The van der Waals surface area contributed by atoms with Crippen LogP contribution in [0.15, 0.2) is 34.8 Å². The summed E-state index contributed by atoms with van der Waals surface area (Å²) >= 11 is 3.43. The van der Waals surface area contributed by atoms with E-state index >= 15 is 0 Å². The zero-order chi connectivity index (χ0) is 18.3. The minimum Gasteiger partial charge on any atom is -0.492 e. The third kappa shape index (κ3) is 3.18. The van der Waals surface area contributed by atoms with Crippen molar-refractivity contribution in [2.24, 2.45) is 0 Å². The van der Waals surface area contributed by atoms with Gasteiger partial charge in [-0.1, -0.05) is 22.0 Å². The lowest BCUT2D eigenvalue weighted by molar-refractivity contribution is -0.141. The highest BCUT2D eigenvalue weighted by atomic mass is 79.9. The van der Waals surface area contributed by atoms with Crippen molar-refractivity contribution in [2.75, 3.05) is 13.7 Å². The minimum absolute atomic E-state index is 0.00348. The fourth-order valence-electron chi connectivity index (χ4n) is 3.68. The van der Waals surface area contributed by atoms with E-state index in [-0.39, 0.29) is 23.8 Å². The Morgan fingerprint density at radius 3 is 2.96 bits per heavy atom. The number of hydrogen-bond acceptors (Lipinski definition) is 4. The standard InChI is InChI=1S/C20H18BrFO4/c1-24-20(23)6-11-10-25-19-9-13(2-3-14(11)19)26-18-5-4-15-16(18)7-12(22)8-17(15)21/h2-3,7-9,11,18H,4-6,10H2,1H3/t11?,18-/m1/s1. The molecular weight excluding hydrogens is 403 g/mol. The molecule has 2 aliphatic rings. The van der Waals surface area contributed by atoms with Crippen LogP contribution in [0.5, 0.6) is 11.5 Å². The number of ether oxygens (including phenoxy) is 3. The van der Waals surface area contributed by atoms with Crippen LogP contribution < -0.4 is 9.47 Å². The van der Waals surface area contributed by atoms with Crippen molar-refractivity contribution in [3.63, 3.8) is 0 Å². The first-order chi connectivity index (χ1) is 12.5. The summed E-state index contributed by atoms with van der Waals surface area (Å²) in [6.07, 6.45) is 1.78. The summed E-state index contributed by atoms with van der Waals surface area (Å²) in [5, 5.41) is 0. The number of esters is 1. The maximum absolute atomic E-state index is 13.7. The second-order valence-corrected chi connectivity index (χ2v) is 7.44. The van der Waals surface area contributed by atoms with Crippen LogP contribution in [0.1, 0.15) is 41.6 Å². The van der Waals surface area contributed by atoms with Gasteiger partial charge in [0.1, 0.15) is 23.4 Å². The molecule has 1 heterocycles. The van der Waals surface area contributed by atoms with Gasteiger partial charge in [0.25, 0.3) is 0 Å². The van der Waals surface area contributed by atoms with E-state index in [0.29, 0.717) is 18.8 Å². The average Bonchev–Trinajstić information content (AvgIpc) is 3.19. The lowest BCUT2D eigenvalue weighted by Crippen LogP contribution is -2.09. The summed E-state index contributed by atoms with van der Waals surface area (Å²) in [4.78, 5) is 11.5. The van der Waals surface area contributed by atoms with Crippen LogP contribution in [0.3, 0.4) is 0 Å². The number of carbonyl (C=O) groups excluding carboxylic acids is 1. The second-order valence-electron chi connectivity index (χ2n) is 6.59. The zero-order valence-electron chi connectivity index (χ0n) is 14.3. The summed E-state index contributed by atoms with van der Waals surface area (Å²) in [6, 6.07) is 8.70. The first kappa shape index (κ1) is 17.3. The normalized spacial score (nSPS) is 20.3. The van der Waals surface area contributed by atoms with E-state index in [4.69, 9.17) is 14.2 Å². The maximum atomic E-state index is 13.7. The van der Waals surface area contributed by atoms with Crippen LogP contribution in [0, 0.1) is 5.82 Å². The highest BCUT2D eigenvalue weighted by molar-refractivity contribution is 9.10. The Labute approximate surface area is 159 Å². The molecule has 4 rings (SSSR count). The molecule has 26 heavy (non-hydrogen) atoms. The van der Waals surface area contributed by atoms with E-state index in [1.807, 2.05) is 18.2 Å². The fourth-order valence-corrected chi connectivity index (χ4v) is 4.32. The van der Waals surface area contributed by atoms with E-state index in [1.54, 1.807) is 6.07 Å². The molecule has 2 aromatic carbocycles. The molecule has 0 spiro atoms. The van der Waals surface area contributed by atoms with E-state index in [2.05, 4.69) is 15.9 Å². The highest BCUT2D eigenvalue weighted by Gasteiger charge is 2.29. The van der Waals surface area contributed by atoms with Gasteiger partial charge in [0.05, 0.1) is 20.1 Å². The van der Waals surface area contributed by atoms with Crippen molar-refractivity contribution in [1.82, 2.24) is 0 Å². The average molecular weight is 421 g/mol. The fraction of sp³-hybridized carbons (Fsp3) is 0.350. The number of rotatable bonds is 4. The lowest BCUT2D eigenvalue weighted by Gasteiger charge is -2.16. The van der Waals surface area contributed by atoms with Crippen molar-refractivity contribution in [1.29, 1.82) is 0 Å². The number of methoxy groups -OCH3 is 1. The van der Waals surface area contributed by atoms with Gasteiger partial charge in [0.15, 0.2) is 0 Å². The van der Waals surface area contributed by atoms with Gasteiger partial charge in [0.2, 0.25) is 0 Å². The predicted octanol–water partition coefficient (Wildman–Crippen LogP) is 4.69. The number of carbonyl (C=O) groups is 1. The summed E-state index contributed by atoms with van der Waals surface area (Å²) in [5.74, 6) is 0.899. The van der Waals surface area contributed by atoms with Crippen molar-refractivity contribution in [3.05, 3.63) is 57.3 Å². The largest absolute Gasteiger partial charge is 0.492 e. The molecule has 0 bridgehead atoms. The molecular formula is C20H18BrFO4. The van der Waals surface area contributed by atoms with Crippen LogP contribution in [-0.2, 0) is 16.0 Å². The Morgan fingerprint density at radius 2 is 2.15 bits per heavy atom. The third-order valence-corrected chi connectivity index (χ3v) is 5.69. The third-order valence-electron chi connectivity index (χ3n) is 4.98. The summed E-state index contributed by atoms with van der Waals surface area (Å²) in [5.41, 5.74) is 2.98. The van der Waals surface area contributed by atoms with E-state index < -0.39 is 0 Å². The van der Waals surface area contributed by atoms with Crippen LogP contribution >= 0.6 is 15.9 Å². The molecule has 4 nitrogen and oxygen atoms in total. The van der Waals surface area contributed by atoms with Crippen molar-refractivity contribution in [3.8, 4) is 11.5 Å². The van der Waals surface area contributed by atoms with Crippen LogP contribution in [0.25, 0.3) is 0 Å². The SMILES string of the molecule is COC(=O)CC1COc2cc(O[C@@H]3CCc4c(Br)cc(F)cc43)ccc21. The highest BCUT2D eigenvalue weighted by Crippen LogP contribution is 2.42. The van der Waals surface area contributed by atoms with Crippen molar-refractivity contribution < 1.29 is 23.4 Å². The van der Waals surface area contributed by atoms with Gasteiger partial charge in [-0.05, 0) is 42.2 Å². The number of hydrogen-bond donors (Lipinski definition) is 0. The van der Waals surface area contributed by atoms with Gasteiger partial charge in [-0.25, -0.2) is 4.39 Å². The van der Waals surface area contributed by atoms with Gasteiger partial charge in [-0.3, -0.25) is 4.79 Å². The summed E-state index contributed by atoms with van der Waals surface area (Å²) in [7, 11) is 1.39. The Bertz CT molecular complexity index is 867. The van der Waals surface area contributed by atoms with E-state index in [9.17, 15) is 9.18 Å². The molecule has 0 N–H and O–H groups in total. The molecule has 0 aromatic heterocycles. The number of fused-ring (bicyclic) bond motifs is 2. The molecule has 0 amide bonds. The zero-order valence-corrected chi connectivity index (χ0v) is 15.8. The van der Waals surface area contributed by atoms with E-state index in [1.165, 1.54) is 13.2 Å². The Morgan fingerprint density at radius 1 is 1.31 bits per heavy atom. The van der Waals surface area contributed by atoms with Gasteiger partial charge in [-0.15, -0.1) is 0 Å². The second kappa shape index (κ2) is 6.91. The monoisotopic (exact) mass is 420 g/mol. The molecule has 2 aromatic rings. The maximum Gasteiger partial charge on any atom is 0.306 e. The molecule has 2 atom stereocenters. The van der Waals surface area contributed by atoms with Crippen molar-refractivity contribution in [2.45, 2.75) is 31.3 Å². The Balaban J connectivity index is 1.53. The Kier molecular flexibility index (Phi) is 4.61. The van der Waals surface area contributed by atoms with Crippen LogP contribution in [-0.4, -0.2) is 19.7 Å². The van der Waals surface area contributed by atoms with Crippen molar-refractivity contribution >= 4 is 21.9 Å². The predicted molar refractivity (Wildman–Crippen MR) is 97.1 cm³/mol. The molecule has 0 saturated heterocycles.